The van der Waals surface area contributed by atoms with Crippen LogP contribution in [0.1, 0.15) is 30.9 Å². The minimum atomic E-state index is 0.206. The van der Waals surface area contributed by atoms with Crippen LogP contribution in [0.4, 0.5) is 0 Å². The second kappa shape index (κ2) is 7.14. The minimum Gasteiger partial charge on any atom is -0.508 e. The third-order valence-electron chi connectivity index (χ3n) is 3.99. The molecule has 0 fully saturated rings. The Balaban J connectivity index is 1.97. The molecule has 6 nitrogen and oxygen atoms in total. The highest BCUT2D eigenvalue weighted by molar-refractivity contribution is 7.80. The second-order valence-electron chi connectivity index (χ2n) is 6.05. The summed E-state index contributed by atoms with van der Waals surface area (Å²) < 4.78 is 6.99. The Hall–Kier alpha value is -2.54. The standard InChI is InChI=1S/C18H20N4O2S/c1-11(2)14-8-13(5-6-15(14)23)17-20-21-18(25)22(17)10-12-4-7-16(24-3)19-9-12/h4-9,11,23H,10H2,1-3H3,(H,21,25). The Morgan fingerprint density at radius 3 is 2.64 bits per heavy atom. The van der Waals surface area contributed by atoms with Crippen LogP contribution in [0.3, 0.4) is 0 Å². The maximum atomic E-state index is 10.0. The SMILES string of the molecule is COc1ccc(Cn2c(S)nnc2-c2ccc(O)c(C(C)C)c2)cn1. The summed E-state index contributed by atoms with van der Waals surface area (Å²) in [6.07, 6.45) is 1.76. The molecule has 1 N–H and O–H groups in total. The number of thiol groups is 1. The summed E-state index contributed by atoms with van der Waals surface area (Å²) in [7, 11) is 1.59. The molecule has 0 aliphatic carbocycles. The van der Waals surface area contributed by atoms with Crippen molar-refractivity contribution in [3.8, 4) is 23.0 Å². The van der Waals surface area contributed by atoms with E-state index in [1.54, 1.807) is 19.4 Å². The van der Waals surface area contributed by atoms with E-state index in [4.69, 9.17) is 4.74 Å². The molecule has 0 aliphatic heterocycles. The molecular formula is C18H20N4O2S. The van der Waals surface area contributed by atoms with Gasteiger partial charge in [0.05, 0.1) is 13.7 Å². The molecule has 0 radical (unpaired) electrons. The summed E-state index contributed by atoms with van der Waals surface area (Å²) in [6.45, 7) is 4.61. The number of benzene rings is 1. The zero-order valence-electron chi connectivity index (χ0n) is 14.3. The number of nitrogens with zero attached hydrogens (tertiary/aromatic N) is 4. The van der Waals surface area contributed by atoms with E-state index in [-0.39, 0.29) is 11.7 Å². The van der Waals surface area contributed by atoms with Gasteiger partial charge >= 0.3 is 0 Å². The number of hydrogen-bond acceptors (Lipinski definition) is 6. The lowest BCUT2D eigenvalue weighted by atomic mass is 9.99. The highest BCUT2D eigenvalue weighted by atomic mass is 32.1. The number of hydrogen-bond donors (Lipinski definition) is 2. The van der Waals surface area contributed by atoms with E-state index in [0.717, 1.165) is 16.7 Å². The van der Waals surface area contributed by atoms with Gasteiger partial charge < -0.3 is 9.84 Å². The molecule has 0 saturated carbocycles. The zero-order chi connectivity index (χ0) is 18.0. The van der Waals surface area contributed by atoms with E-state index in [9.17, 15) is 5.11 Å². The summed E-state index contributed by atoms with van der Waals surface area (Å²) in [5.41, 5.74) is 2.75. The lowest BCUT2D eigenvalue weighted by Gasteiger charge is -2.12. The molecule has 0 atom stereocenters. The lowest BCUT2D eigenvalue weighted by molar-refractivity contribution is 0.397. The average Bonchev–Trinajstić information content (AvgIpc) is 2.96. The zero-order valence-corrected chi connectivity index (χ0v) is 15.2. The lowest BCUT2D eigenvalue weighted by Crippen LogP contribution is -2.04. The molecule has 2 aromatic heterocycles. The van der Waals surface area contributed by atoms with Crippen LogP contribution in [0, 0.1) is 0 Å². The predicted octanol–water partition coefficient (Wildman–Crippen LogP) is 3.51. The van der Waals surface area contributed by atoms with Crippen molar-refractivity contribution >= 4 is 12.6 Å². The maximum absolute atomic E-state index is 10.0. The van der Waals surface area contributed by atoms with Gasteiger partial charge in [-0.05, 0) is 35.2 Å². The normalized spacial score (nSPS) is 11.1. The third kappa shape index (κ3) is 3.61. The first-order valence-electron chi connectivity index (χ1n) is 7.94. The van der Waals surface area contributed by atoms with Gasteiger partial charge in [-0.3, -0.25) is 4.57 Å². The molecule has 0 bridgehead atoms. The highest BCUT2D eigenvalue weighted by Crippen LogP contribution is 2.31. The van der Waals surface area contributed by atoms with Crippen molar-refractivity contribution in [1.82, 2.24) is 19.7 Å². The third-order valence-corrected chi connectivity index (χ3v) is 4.32. The van der Waals surface area contributed by atoms with Crippen LogP contribution in [0.15, 0.2) is 41.7 Å². The quantitative estimate of drug-likeness (QED) is 0.685. The monoisotopic (exact) mass is 356 g/mol. The summed E-state index contributed by atoms with van der Waals surface area (Å²) in [5, 5.41) is 18.9. The Labute approximate surface area is 151 Å². The fraction of sp³-hybridized carbons (Fsp3) is 0.278. The van der Waals surface area contributed by atoms with Gasteiger partial charge in [-0.25, -0.2) is 4.98 Å². The van der Waals surface area contributed by atoms with E-state index < -0.39 is 0 Å². The van der Waals surface area contributed by atoms with Crippen molar-refractivity contribution in [2.24, 2.45) is 0 Å². The summed E-state index contributed by atoms with van der Waals surface area (Å²) in [5.74, 6) is 1.76. The number of ether oxygens (including phenoxy) is 1. The maximum Gasteiger partial charge on any atom is 0.212 e. The smallest absolute Gasteiger partial charge is 0.212 e. The first-order valence-corrected chi connectivity index (χ1v) is 8.38. The van der Waals surface area contributed by atoms with Crippen LogP contribution in [-0.4, -0.2) is 32.0 Å². The van der Waals surface area contributed by atoms with Crippen molar-refractivity contribution in [2.75, 3.05) is 7.11 Å². The first kappa shape index (κ1) is 17.3. The van der Waals surface area contributed by atoms with Crippen LogP contribution >= 0.6 is 12.6 Å². The van der Waals surface area contributed by atoms with Crippen LogP contribution in [0.5, 0.6) is 11.6 Å². The van der Waals surface area contributed by atoms with E-state index in [2.05, 4.69) is 27.8 Å². The Morgan fingerprint density at radius 1 is 1.20 bits per heavy atom. The topological polar surface area (TPSA) is 73.1 Å². The minimum absolute atomic E-state index is 0.206. The molecule has 3 aromatic rings. The molecule has 0 saturated heterocycles. The number of aromatic hydroxyl groups is 1. The van der Waals surface area contributed by atoms with Crippen LogP contribution < -0.4 is 4.74 Å². The second-order valence-corrected chi connectivity index (χ2v) is 6.45. The number of pyridine rings is 1. The van der Waals surface area contributed by atoms with Gasteiger partial charge in [-0.1, -0.05) is 19.9 Å². The Bertz CT molecular complexity index is 875. The molecular weight excluding hydrogens is 336 g/mol. The molecule has 0 aliphatic rings. The highest BCUT2D eigenvalue weighted by Gasteiger charge is 2.15. The molecule has 3 rings (SSSR count). The van der Waals surface area contributed by atoms with E-state index >= 15 is 0 Å². The number of phenols is 1. The number of aromatic nitrogens is 4. The van der Waals surface area contributed by atoms with Gasteiger partial charge in [0.15, 0.2) is 11.0 Å². The van der Waals surface area contributed by atoms with Crippen molar-refractivity contribution in [3.63, 3.8) is 0 Å². The van der Waals surface area contributed by atoms with E-state index in [1.807, 2.05) is 42.7 Å². The van der Waals surface area contributed by atoms with Crippen molar-refractivity contribution in [3.05, 3.63) is 47.7 Å². The van der Waals surface area contributed by atoms with Crippen molar-refractivity contribution in [2.45, 2.75) is 31.5 Å². The molecule has 1 aromatic carbocycles. The molecule has 2 heterocycles. The molecule has 0 spiro atoms. The fourth-order valence-electron chi connectivity index (χ4n) is 2.62. The molecule has 0 unspecified atom stereocenters. The number of phenolic OH excluding ortho intramolecular Hbond substituents is 1. The van der Waals surface area contributed by atoms with Crippen LogP contribution in [-0.2, 0) is 6.54 Å². The van der Waals surface area contributed by atoms with Gasteiger partial charge in [0.2, 0.25) is 5.88 Å². The van der Waals surface area contributed by atoms with Crippen molar-refractivity contribution in [1.29, 1.82) is 0 Å². The summed E-state index contributed by atoms with van der Waals surface area (Å²) >= 11 is 4.42. The van der Waals surface area contributed by atoms with Gasteiger partial charge in [-0.2, -0.15) is 0 Å². The van der Waals surface area contributed by atoms with Crippen LogP contribution in [0.25, 0.3) is 11.4 Å². The van der Waals surface area contributed by atoms with Crippen molar-refractivity contribution < 1.29 is 9.84 Å². The molecule has 25 heavy (non-hydrogen) atoms. The number of methoxy groups -OCH3 is 1. The average molecular weight is 356 g/mol. The molecule has 130 valence electrons. The largest absolute Gasteiger partial charge is 0.508 e. The fourth-order valence-corrected chi connectivity index (χ4v) is 2.83. The molecule has 0 amide bonds. The van der Waals surface area contributed by atoms with E-state index in [1.165, 1.54) is 0 Å². The Kier molecular flexibility index (Phi) is 4.94. The first-order chi connectivity index (χ1) is 12.0. The van der Waals surface area contributed by atoms with Gasteiger partial charge in [0.25, 0.3) is 0 Å². The van der Waals surface area contributed by atoms with Gasteiger partial charge in [0.1, 0.15) is 5.75 Å². The summed E-state index contributed by atoms with van der Waals surface area (Å²) in [6, 6.07) is 9.23. The number of rotatable bonds is 5. The van der Waals surface area contributed by atoms with Gasteiger partial charge in [-0.15, -0.1) is 22.8 Å². The molecule has 7 heteroatoms. The van der Waals surface area contributed by atoms with E-state index in [0.29, 0.717) is 23.4 Å². The Morgan fingerprint density at radius 2 is 2.00 bits per heavy atom. The predicted molar refractivity (Wildman–Crippen MR) is 98.4 cm³/mol. The van der Waals surface area contributed by atoms with Crippen LogP contribution in [0.2, 0.25) is 0 Å². The summed E-state index contributed by atoms with van der Waals surface area (Å²) in [4.78, 5) is 4.22. The van der Waals surface area contributed by atoms with Gasteiger partial charge in [0, 0.05) is 17.8 Å².